The van der Waals surface area contributed by atoms with E-state index in [0.29, 0.717) is 30.0 Å². The maximum atomic E-state index is 14.0. The average molecular weight is 541 g/mol. The van der Waals surface area contributed by atoms with E-state index in [0.717, 1.165) is 18.9 Å². The van der Waals surface area contributed by atoms with E-state index < -0.39 is 57.9 Å². The van der Waals surface area contributed by atoms with Crippen molar-refractivity contribution >= 4 is 17.3 Å². The third-order valence-corrected chi connectivity index (χ3v) is 9.30. The quantitative estimate of drug-likeness (QED) is 0.410. The molecular weight excluding hydrogens is 504 g/mol. The number of aromatic hydroxyl groups is 1. The van der Waals surface area contributed by atoms with Crippen molar-refractivity contribution in [2.75, 3.05) is 21.2 Å². The molecule has 4 aliphatic rings. The molecule has 0 radical (unpaired) electrons. The number of aliphatic hydroxyl groups is 3. The van der Waals surface area contributed by atoms with E-state index in [1.54, 1.807) is 19.0 Å². The molecular formula is C29H36N2O8. The van der Waals surface area contributed by atoms with Gasteiger partial charge in [0, 0.05) is 47.3 Å². The number of likely N-dealkylation sites (N-methyl/N-ethyl adjacent to an activating group) is 1. The largest absolute Gasteiger partial charge is 0.510 e. The second-order valence-corrected chi connectivity index (χ2v) is 11.5. The topological polar surface area (TPSA) is 148 Å². The summed E-state index contributed by atoms with van der Waals surface area (Å²) in [5.74, 6) is -5.11. The molecule has 10 nitrogen and oxygen atoms in total. The lowest BCUT2D eigenvalue weighted by atomic mass is 9.58. The number of aliphatic hydroxyl groups excluding tert-OH is 2. The minimum atomic E-state index is -2.58. The first-order valence-electron chi connectivity index (χ1n) is 13.3. The summed E-state index contributed by atoms with van der Waals surface area (Å²) in [7, 11) is 4.81. The molecule has 1 heterocycles. The molecule has 0 fully saturated rings. The zero-order valence-electron chi connectivity index (χ0n) is 23.2. The highest BCUT2D eigenvalue weighted by atomic mass is 16.5. The number of ketones is 3. The Labute approximate surface area is 227 Å². The number of hydrogen-bond donors (Lipinski definition) is 4. The van der Waals surface area contributed by atoms with Crippen molar-refractivity contribution in [3.05, 3.63) is 44.9 Å². The molecule has 1 aliphatic heterocycles. The van der Waals surface area contributed by atoms with Crippen molar-refractivity contribution in [2.45, 2.75) is 70.8 Å². The number of ether oxygens (including phenoxy) is 1. The number of hydrogen-bond acceptors (Lipinski definition) is 10. The first kappa shape index (κ1) is 27.4. The van der Waals surface area contributed by atoms with Crippen LogP contribution in [-0.2, 0) is 29.1 Å². The number of benzene rings is 1. The van der Waals surface area contributed by atoms with Crippen LogP contribution in [0.15, 0.2) is 22.7 Å². The highest BCUT2D eigenvalue weighted by molar-refractivity contribution is 6.25. The van der Waals surface area contributed by atoms with Gasteiger partial charge in [-0.1, -0.05) is 6.92 Å². The normalized spacial score (nSPS) is 29.3. The van der Waals surface area contributed by atoms with Crippen LogP contribution in [0, 0.1) is 11.8 Å². The van der Waals surface area contributed by atoms with E-state index >= 15 is 0 Å². The highest BCUT2D eigenvalue weighted by Gasteiger charge is 2.63. The molecule has 210 valence electrons. The lowest BCUT2D eigenvalue weighted by molar-refractivity contribution is -0.148. The Morgan fingerprint density at radius 2 is 1.79 bits per heavy atom. The molecule has 0 bridgehead atoms. The van der Waals surface area contributed by atoms with Gasteiger partial charge in [0.05, 0.1) is 18.7 Å². The summed E-state index contributed by atoms with van der Waals surface area (Å²) in [5.41, 5.74) is -1.35. The van der Waals surface area contributed by atoms with Gasteiger partial charge < -0.3 is 25.2 Å². The molecule has 0 aromatic heterocycles. The maximum Gasteiger partial charge on any atom is 0.209 e. The number of phenols is 1. The predicted octanol–water partition coefficient (Wildman–Crippen LogP) is 2.35. The number of carbonyl (C=O) groups excluding carboxylic acids is 3. The average Bonchev–Trinajstić information content (AvgIpc) is 3.31. The van der Waals surface area contributed by atoms with Crippen LogP contribution < -0.4 is 4.74 Å². The van der Waals surface area contributed by atoms with E-state index in [9.17, 15) is 34.8 Å². The summed E-state index contributed by atoms with van der Waals surface area (Å²) in [6.07, 6.45) is 1.20. The summed E-state index contributed by atoms with van der Waals surface area (Å²) < 4.78 is 5.82. The van der Waals surface area contributed by atoms with Gasteiger partial charge in [-0.05, 0) is 53.1 Å². The van der Waals surface area contributed by atoms with E-state index in [1.165, 1.54) is 7.11 Å². The third-order valence-electron chi connectivity index (χ3n) is 9.30. The van der Waals surface area contributed by atoms with Crippen molar-refractivity contribution < 1.29 is 39.5 Å². The Balaban J connectivity index is 1.70. The molecule has 0 saturated heterocycles. The van der Waals surface area contributed by atoms with Gasteiger partial charge in [0.2, 0.25) is 5.78 Å². The lowest BCUT2D eigenvalue weighted by Gasteiger charge is -2.50. The number of fused-ring (bicyclic) bond motifs is 4. The van der Waals surface area contributed by atoms with Crippen LogP contribution in [0.2, 0.25) is 0 Å². The van der Waals surface area contributed by atoms with Gasteiger partial charge in [-0.25, -0.2) is 0 Å². The molecule has 5 rings (SSSR count). The second-order valence-electron chi connectivity index (χ2n) is 11.5. The van der Waals surface area contributed by atoms with Gasteiger partial charge in [-0.15, -0.1) is 0 Å². The molecule has 5 atom stereocenters. The minimum Gasteiger partial charge on any atom is -0.510 e. The van der Waals surface area contributed by atoms with E-state index in [4.69, 9.17) is 4.74 Å². The van der Waals surface area contributed by atoms with Crippen LogP contribution in [0.1, 0.15) is 60.7 Å². The SMILES string of the molecule is CC[C@@H](C)N1Cc2c(O)c3c(c(OC)c2C1)C[C@H]1C[C@H]2[C@H](N(C)C)C(O)=C(C(C)=O)C(=O)[C@@]2(O)C(O)=C1C3=O. The van der Waals surface area contributed by atoms with Gasteiger partial charge in [-0.3, -0.25) is 24.2 Å². The first-order valence-corrected chi connectivity index (χ1v) is 13.3. The molecule has 0 spiro atoms. The fraction of sp³-hybridized carbons (Fsp3) is 0.552. The fourth-order valence-electron chi connectivity index (χ4n) is 7.18. The number of Topliss-reactive ketones (excluding diaryl/α,β-unsaturated/α-hetero) is 3. The van der Waals surface area contributed by atoms with Crippen molar-refractivity contribution in [1.29, 1.82) is 0 Å². The molecule has 39 heavy (non-hydrogen) atoms. The number of phenolic OH excluding ortho intramolecular Hbond substituents is 1. The van der Waals surface area contributed by atoms with Gasteiger partial charge in [0.1, 0.15) is 28.6 Å². The van der Waals surface area contributed by atoms with E-state index in [1.807, 2.05) is 0 Å². The highest BCUT2D eigenvalue weighted by Crippen LogP contribution is 2.55. The second kappa shape index (κ2) is 9.18. The monoisotopic (exact) mass is 540 g/mol. The number of rotatable bonds is 5. The van der Waals surface area contributed by atoms with Crippen LogP contribution >= 0.6 is 0 Å². The zero-order valence-corrected chi connectivity index (χ0v) is 23.2. The number of allylic oxidation sites excluding steroid dienone is 1. The van der Waals surface area contributed by atoms with Gasteiger partial charge in [0.25, 0.3) is 0 Å². The third kappa shape index (κ3) is 3.54. The van der Waals surface area contributed by atoms with Crippen LogP contribution in [-0.4, -0.2) is 86.5 Å². The molecule has 1 aromatic rings. The molecule has 3 aliphatic carbocycles. The number of carbonyl (C=O) groups is 3. The van der Waals surface area contributed by atoms with Gasteiger partial charge in [0.15, 0.2) is 17.2 Å². The Kier molecular flexibility index (Phi) is 6.44. The fourth-order valence-corrected chi connectivity index (χ4v) is 7.18. The van der Waals surface area contributed by atoms with Crippen LogP contribution in [0.5, 0.6) is 11.5 Å². The Bertz CT molecular complexity index is 1380. The zero-order chi connectivity index (χ0) is 28.7. The first-order chi connectivity index (χ1) is 18.3. The number of methoxy groups -OCH3 is 1. The van der Waals surface area contributed by atoms with Crippen LogP contribution in [0.3, 0.4) is 0 Å². The van der Waals surface area contributed by atoms with E-state index in [2.05, 4.69) is 18.7 Å². The molecule has 0 saturated carbocycles. The van der Waals surface area contributed by atoms with Crippen molar-refractivity contribution in [1.82, 2.24) is 9.80 Å². The Morgan fingerprint density at radius 1 is 1.15 bits per heavy atom. The molecule has 4 N–H and O–H groups in total. The molecule has 0 amide bonds. The van der Waals surface area contributed by atoms with Crippen LogP contribution in [0.4, 0.5) is 0 Å². The van der Waals surface area contributed by atoms with Crippen LogP contribution in [0.25, 0.3) is 0 Å². The molecule has 0 unspecified atom stereocenters. The Morgan fingerprint density at radius 3 is 2.36 bits per heavy atom. The van der Waals surface area contributed by atoms with Crippen molar-refractivity contribution in [3.8, 4) is 11.5 Å². The molecule has 10 heteroatoms. The van der Waals surface area contributed by atoms with Gasteiger partial charge >= 0.3 is 0 Å². The van der Waals surface area contributed by atoms with E-state index in [-0.39, 0.29) is 35.8 Å². The summed E-state index contributed by atoms with van der Waals surface area (Å²) in [6.45, 7) is 6.27. The minimum absolute atomic E-state index is 0.00838. The predicted molar refractivity (Wildman–Crippen MR) is 141 cm³/mol. The smallest absolute Gasteiger partial charge is 0.209 e. The molecule has 1 aromatic carbocycles. The standard InChI is InChI=1S/C29H36N2O8/c1-7-12(2)31-10-16-17(11-31)26(39-6)15-8-14-9-18-22(30(4)5)25(35)19(13(3)32)27(36)29(18,38)28(37)20(14)24(34)21(15)23(16)33/h12,14,18,22,33,35,37-38H,7-11H2,1-6H3/t12-,14+,18+,22+,29-/m1/s1. The Hall–Kier alpha value is -3.21. The maximum absolute atomic E-state index is 14.0. The summed E-state index contributed by atoms with van der Waals surface area (Å²) in [4.78, 5) is 43.7. The number of nitrogens with zero attached hydrogens (tertiary/aromatic N) is 2. The summed E-state index contributed by atoms with van der Waals surface area (Å²) >= 11 is 0. The van der Waals surface area contributed by atoms with Crippen molar-refractivity contribution in [2.24, 2.45) is 11.8 Å². The summed E-state index contributed by atoms with van der Waals surface area (Å²) in [5, 5.41) is 45.7. The van der Waals surface area contributed by atoms with Gasteiger partial charge in [-0.2, -0.15) is 0 Å². The van der Waals surface area contributed by atoms with Crippen molar-refractivity contribution in [3.63, 3.8) is 0 Å². The lowest BCUT2D eigenvalue weighted by Crippen LogP contribution is -2.63. The summed E-state index contributed by atoms with van der Waals surface area (Å²) in [6, 6.07) is -0.711.